The molecule has 4 amide bonds. The number of aromatic nitrogens is 3. The molecule has 1 saturated heterocycles. The summed E-state index contributed by atoms with van der Waals surface area (Å²) in [6.45, 7) is 4.60. The van der Waals surface area contributed by atoms with Gasteiger partial charge in [0.25, 0.3) is 0 Å². The Balaban J connectivity index is 1.46. The minimum absolute atomic E-state index is 0.325. The molecule has 4 heterocycles. The molecule has 1 N–H and O–H groups in total. The molecule has 30 heavy (non-hydrogen) atoms. The van der Waals surface area contributed by atoms with Gasteiger partial charge in [0.2, 0.25) is 0 Å². The second-order valence-electron chi connectivity index (χ2n) is 6.79. The maximum absolute atomic E-state index is 12.3. The van der Waals surface area contributed by atoms with Gasteiger partial charge in [-0.2, -0.15) is 0 Å². The second-order valence-corrected chi connectivity index (χ2v) is 8.02. The summed E-state index contributed by atoms with van der Waals surface area (Å²) in [5.41, 5.74) is 1.39. The van der Waals surface area contributed by atoms with Crippen LogP contribution in [-0.4, -0.2) is 57.0 Å². The van der Waals surface area contributed by atoms with Crippen LogP contribution in [0.2, 0.25) is 0 Å². The van der Waals surface area contributed by atoms with Crippen molar-refractivity contribution in [3.05, 3.63) is 47.4 Å². The van der Waals surface area contributed by atoms with Crippen LogP contribution in [-0.2, 0) is 0 Å². The van der Waals surface area contributed by atoms with Crippen molar-refractivity contribution in [1.29, 1.82) is 0 Å². The van der Waals surface area contributed by atoms with Crippen molar-refractivity contribution in [2.75, 3.05) is 25.5 Å². The molecule has 9 nitrogen and oxygen atoms in total. The van der Waals surface area contributed by atoms with E-state index in [0.717, 1.165) is 20.5 Å². The zero-order valence-corrected chi connectivity index (χ0v) is 17.6. The highest BCUT2D eigenvalue weighted by Crippen LogP contribution is 2.30. The molecule has 3 aromatic heterocycles. The van der Waals surface area contributed by atoms with Crippen LogP contribution >= 0.6 is 11.3 Å². The Kier molecular flexibility index (Phi) is 5.32. The largest absolute Gasteiger partial charge is 0.455 e. The van der Waals surface area contributed by atoms with Crippen molar-refractivity contribution in [1.82, 2.24) is 24.8 Å². The van der Waals surface area contributed by atoms with Crippen LogP contribution in [0.5, 0.6) is 11.5 Å². The molecule has 4 rings (SSSR count). The normalized spacial score (nSPS) is 13.6. The number of urea groups is 2. The van der Waals surface area contributed by atoms with Crippen molar-refractivity contribution < 1.29 is 14.3 Å². The molecule has 3 aromatic rings. The molecule has 154 valence electrons. The van der Waals surface area contributed by atoms with E-state index < -0.39 is 6.03 Å². The van der Waals surface area contributed by atoms with Crippen LogP contribution < -0.4 is 10.1 Å². The fourth-order valence-corrected chi connectivity index (χ4v) is 3.70. The van der Waals surface area contributed by atoms with E-state index in [9.17, 15) is 9.59 Å². The standard InChI is InChI=1S/C20H20N6O3S/c1-12-16(29-14-6-7-21-15(10-14)17-11-22-13(2)30-17)4-5-18(23-12)24-19(27)26-9-8-25(3)20(26)28/h4-7,10-11H,8-9H2,1-3H3,(H,23,24,27). The van der Waals surface area contributed by atoms with E-state index in [0.29, 0.717) is 36.1 Å². The predicted molar refractivity (Wildman–Crippen MR) is 113 cm³/mol. The van der Waals surface area contributed by atoms with Gasteiger partial charge in [-0.1, -0.05) is 0 Å². The number of carbonyl (C=O) groups is 2. The van der Waals surface area contributed by atoms with Crippen LogP contribution in [0.4, 0.5) is 15.4 Å². The lowest BCUT2D eigenvalue weighted by atomic mass is 10.3. The summed E-state index contributed by atoms with van der Waals surface area (Å²) < 4.78 is 5.97. The molecule has 0 saturated carbocycles. The summed E-state index contributed by atoms with van der Waals surface area (Å²) in [4.78, 5) is 40.9. The molecule has 10 heteroatoms. The van der Waals surface area contributed by atoms with E-state index in [1.165, 1.54) is 4.90 Å². The van der Waals surface area contributed by atoms with E-state index in [-0.39, 0.29) is 6.03 Å². The molecule has 0 spiro atoms. The quantitative estimate of drug-likeness (QED) is 0.682. The van der Waals surface area contributed by atoms with Gasteiger partial charge in [0.1, 0.15) is 17.3 Å². The molecular formula is C20H20N6O3S. The van der Waals surface area contributed by atoms with Gasteiger partial charge in [-0.25, -0.2) is 24.5 Å². The maximum atomic E-state index is 12.3. The van der Waals surface area contributed by atoms with E-state index >= 15 is 0 Å². The van der Waals surface area contributed by atoms with Gasteiger partial charge in [-0.15, -0.1) is 11.3 Å². The number of imide groups is 1. The van der Waals surface area contributed by atoms with Gasteiger partial charge in [0.05, 0.1) is 21.3 Å². The number of carbonyl (C=O) groups excluding carboxylic acids is 2. The average Bonchev–Trinajstić information content (AvgIpc) is 3.30. The Morgan fingerprint density at radius 1 is 1.20 bits per heavy atom. The predicted octanol–water partition coefficient (Wildman–Crippen LogP) is 3.91. The zero-order chi connectivity index (χ0) is 21.3. The highest BCUT2D eigenvalue weighted by molar-refractivity contribution is 7.15. The molecule has 0 unspecified atom stereocenters. The fraction of sp³-hybridized carbons (Fsp3) is 0.250. The molecule has 0 bridgehead atoms. The molecule has 1 fully saturated rings. The minimum atomic E-state index is -0.497. The summed E-state index contributed by atoms with van der Waals surface area (Å²) in [5.74, 6) is 1.53. The van der Waals surface area contributed by atoms with Gasteiger partial charge < -0.3 is 9.64 Å². The van der Waals surface area contributed by atoms with Crippen molar-refractivity contribution >= 4 is 29.2 Å². The number of hydrogen-bond acceptors (Lipinski definition) is 7. The molecule has 0 atom stereocenters. The summed E-state index contributed by atoms with van der Waals surface area (Å²) >= 11 is 1.56. The highest BCUT2D eigenvalue weighted by Gasteiger charge is 2.30. The summed E-state index contributed by atoms with van der Waals surface area (Å²) in [7, 11) is 1.66. The van der Waals surface area contributed by atoms with Gasteiger partial charge in [0.15, 0.2) is 0 Å². The Morgan fingerprint density at radius 3 is 2.70 bits per heavy atom. The maximum Gasteiger partial charge on any atom is 0.331 e. The van der Waals surface area contributed by atoms with Gasteiger partial charge >= 0.3 is 12.1 Å². The van der Waals surface area contributed by atoms with Crippen LogP contribution in [0.1, 0.15) is 10.7 Å². The number of anilines is 1. The Bertz CT molecular complexity index is 1120. The average molecular weight is 424 g/mol. The number of nitrogens with zero attached hydrogens (tertiary/aromatic N) is 5. The number of pyridine rings is 2. The smallest absolute Gasteiger partial charge is 0.331 e. The van der Waals surface area contributed by atoms with Gasteiger partial charge in [-0.3, -0.25) is 10.3 Å². The van der Waals surface area contributed by atoms with Crippen molar-refractivity contribution in [2.24, 2.45) is 0 Å². The van der Waals surface area contributed by atoms with Gasteiger partial charge in [0, 0.05) is 38.6 Å². The van der Waals surface area contributed by atoms with E-state index in [1.807, 2.05) is 13.0 Å². The first-order valence-electron chi connectivity index (χ1n) is 9.28. The molecular weight excluding hydrogens is 404 g/mol. The third-order valence-electron chi connectivity index (χ3n) is 4.57. The Labute approximate surface area is 177 Å². The zero-order valence-electron chi connectivity index (χ0n) is 16.7. The van der Waals surface area contributed by atoms with E-state index in [2.05, 4.69) is 20.3 Å². The third kappa shape index (κ3) is 4.08. The minimum Gasteiger partial charge on any atom is -0.455 e. The molecule has 1 aliphatic rings. The van der Waals surface area contributed by atoms with Crippen LogP contribution in [0.25, 0.3) is 10.6 Å². The first-order chi connectivity index (χ1) is 14.4. The van der Waals surface area contributed by atoms with Crippen LogP contribution in [0.15, 0.2) is 36.7 Å². The lowest BCUT2D eigenvalue weighted by molar-refractivity contribution is 0.195. The molecule has 0 aromatic carbocycles. The molecule has 0 aliphatic carbocycles. The first-order valence-corrected chi connectivity index (χ1v) is 10.1. The summed E-state index contributed by atoms with van der Waals surface area (Å²) in [6, 6.07) is 6.16. The topological polar surface area (TPSA) is 101 Å². The number of ether oxygens (including phenoxy) is 1. The SMILES string of the molecule is Cc1ncc(-c2cc(Oc3ccc(NC(=O)N4CCN(C)C4=O)nc3C)ccn2)s1. The third-order valence-corrected chi connectivity index (χ3v) is 5.50. The van der Waals surface area contributed by atoms with E-state index in [1.54, 1.807) is 55.9 Å². The Morgan fingerprint density at radius 2 is 2.03 bits per heavy atom. The fourth-order valence-electron chi connectivity index (χ4n) is 2.95. The number of aryl methyl sites for hydroxylation is 2. The number of thiazole rings is 1. The van der Waals surface area contributed by atoms with Crippen molar-refractivity contribution in [3.63, 3.8) is 0 Å². The lowest BCUT2D eigenvalue weighted by Crippen LogP contribution is -2.38. The van der Waals surface area contributed by atoms with Gasteiger partial charge in [-0.05, 0) is 32.0 Å². The van der Waals surface area contributed by atoms with E-state index in [4.69, 9.17) is 4.74 Å². The number of likely N-dealkylation sites (N-methyl/N-ethyl adjacent to an activating group) is 1. The van der Waals surface area contributed by atoms with Crippen molar-refractivity contribution in [2.45, 2.75) is 13.8 Å². The Hall–Kier alpha value is -3.53. The molecule has 1 aliphatic heterocycles. The number of amides is 4. The number of hydrogen-bond donors (Lipinski definition) is 1. The van der Waals surface area contributed by atoms with Crippen LogP contribution in [0, 0.1) is 13.8 Å². The monoisotopic (exact) mass is 424 g/mol. The second kappa shape index (κ2) is 8.07. The summed E-state index contributed by atoms with van der Waals surface area (Å²) in [5, 5.41) is 3.63. The molecule has 0 radical (unpaired) electrons. The highest BCUT2D eigenvalue weighted by atomic mass is 32.1. The number of nitrogens with one attached hydrogen (secondary N) is 1. The van der Waals surface area contributed by atoms with Crippen LogP contribution in [0.3, 0.4) is 0 Å². The number of rotatable bonds is 4. The summed E-state index contributed by atoms with van der Waals surface area (Å²) in [6.07, 6.45) is 3.47. The van der Waals surface area contributed by atoms with Crippen molar-refractivity contribution in [3.8, 4) is 22.1 Å². The first kappa shape index (κ1) is 19.8. The lowest BCUT2D eigenvalue weighted by Gasteiger charge is -2.15.